The molecule has 0 bridgehead atoms. The lowest BCUT2D eigenvalue weighted by atomic mass is 10.1. The normalized spacial score (nSPS) is 10.1. The summed E-state index contributed by atoms with van der Waals surface area (Å²) in [5, 5.41) is 0.246. The monoisotopic (exact) mass is 228 g/mol. The molecule has 0 aliphatic rings. The van der Waals surface area contributed by atoms with Crippen LogP contribution in [0.1, 0.15) is 30.1 Å². The van der Waals surface area contributed by atoms with E-state index in [4.69, 9.17) is 11.6 Å². The van der Waals surface area contributed by atoms with Crippen molar-refractivity contribution in [2.24, 2.45) is 0 Å². The first-order chi connectivity index (χ1) is 7.00. The second-order valence-corrected chi connectivity index (χ2v) is 3.69. The highest BCUT2D eigenvalue weighted by Crippen LogP contribution is 2.16. The molecule has 0 unspecified atom stereocenters. The van der Waals surface area contributed by atoms with Crippen LogP contribution in [0.4, 0.5) is 4.39 Å². The van der Waals surface area contributed by atoms with Gasteiger partial charge in [0.2, 0.25) is 0 Å². The van der Waals surface area contributed by atoms with Crippen molar-refractivity contribution < 1.29 is 14.0 Å². The van der Waals surface area contributed by atoms with E-state index < -0.39 is 5.82 Å². The molecule has 1 rings (SSSR count). The van der Waals surface area contributed by atoms with Crippen LogP contribution in [0.2, 0.25) is 5.02 Å². The second-order valence-electron chi connectivity index (χ2n) is 3.25. The number of ketones is 2. The standard InChI is InChI=1S/C11H10ClFO2/c1-7(14)2-5-11(15)9-4-3-8(12)6-10(9)13/h3-4,6H,2,5H2,1H3. The summed E-state index contributed by atoms with van der Waals surface area (Å²) < 4.78 is 13.2. The van der Waals surface area contributed by atoms with Crippen LogP contribution in [0.3, 0.4) is 0 Å². The number of rotatable bonds is 4. The highest BCUT2D eigenvalue weighted by Gasteiger charge is 2.12. The van der Waals surface area contributed by atoms with Gasteiger partial charge in [-0.15, -0.1) is 0 Å². The molecule has 0 N–H and O–H groups in total. The Morgan fingerprint density at radius 3 is 2.53 bits per heavy atom. The Hall–Kier alpha value is -1.22. The van der Waals surface area contributed by atoms with Crippen LogP contribution < -0.4 is 0 Å². The first-order valence-corrected chi connectivity index (χ1v) is 4.86. The number of benzene rings is 1. The molecule has 0 aliphatic carbocycles. The SMILES string of the molecule is CC(=O)CCC(=O)c1ccc(Cl)cc1F. The lowest BCUT2D eigenvalue weighted by Gasteiger charge is -2.01. The van der Waals surface area contributed by atoms with Gasteiger partial charge in [0.05, 0.1) is 5.56 Å². The molecule has 4 heteroatoms. The molecule has 2 nitrogen and oxygen atoms in total. The molecule has 1 aromatic carbocycles. The summed E-state index contributed by atoms with van der Waals surface area (Å²) in [5.74, 6) is -1.10. The van der Waals surface area contributed by atoms with Crippen LogP contribution in [0.25, 0.3) is 0 Å². The van der Waals surface area contributed by atoms with E-state index in [1.165, 1.54) is 19.1 Å². The summed E-state index contributed by atoms with van der Waals surface area (Å²) in [6.07, 6.45) is 0.175. The largest absolute Gasteiger partial charge is 0.300 e. The molecule has 0 saturated heterocycles. The Balaban J connectivity index is 2.78. The van der Waals surface area contributed by atoms with Crippen molar-refractivity contribution in [2.75, 3.05) is 0 Å². The third kappa shape index (κ3) is 3.44. The second kappa shape index (κ2) is 5.03. The van der Waals surface area contributed by atoms with E-state index in [1.54, 1.807) is 0 Å². The van der Waals surface area contributed by atoms with Gasteiger partial charge in [-0.25, -0.2) is 4.39 Å². The third-order valence-corrected chi connectivity index (χ3v) is 2.17. The zero-order chi connectivity index (χ0) is 11.4. The number of halogens is 2. The van der Waals surface area contributed by atoms with Crippen LogP contribution in [0.15, 0.2) is 18.2 Å². The highest BCUT2D eigenvalue weighted by atomic mass is 35.5. The molecule has 80 valence electrons. The third-order valence-electron chi connectivity index (χ3n) is 1.94. The lowest BCUT2D eigenvalue weighted by molar-refractivity contribution is -0.116. The highest BCUT2D eigenvalue weighted by molar-refractivity contribution is 6.30. The molecule has 0 aromatic heterocycles. The van der Waals surface area contributed by atoms with E-state index in [0.717, 1.165) is 6.07 Å². The van der Waals surface area contributed by atoms with Crippen LogP contribution in [-0.4, -0.2) is 11.6 Å². The Morgan fingerprint density at radius 2 is 2.00 bits per heavy atom. The number of Topliss-reactive ketones (excluding diaryl/α,β-unsaturated/α-hetero) is 2. The van der Waals surface area contributed by atoms with Gasteiger partial charge >= 0.3 is 0 Å². The summed E-state index contributed by atoms with van der Waals surface area (Å²) >= 11 is 5.54. The zero-order valence-corrected chi connectivity index (χ0v) is 8.97. The topological polar surface area (TPSA) is 34.1 Å². The zero-order valence-electron chi connectivity index (χ0n) is 8.22. The van der Waals surface area contributed by atoms with Crippen molar-refractivity contribution in [1.82, 2.24) is 0 Å². The Labute approximate surface area is 92.0 Å². The van der Waals surface area contributed by atoms with Crippen LogP contribution in [0, 0.1) is 5.82 Å². The summed E-state index contributed by atoms with van der Waals surface area (Å²) in [7, 11) is 0. The summed E-state index contributed by atoms with van der Waals surface area (Å²) in [6, 6.07) is 3.87. The van der Waals surface area contributed by atoms with Gasteiger partial charge in [-0.2, -0.15) is 0 Å². The molecule has 1 aromatic rings. The van der Waals surface area contributed by atoms with Crippen molar-refractivity contribution in [3.63, 3.8) is 0 Å². The van der Waals surface area contributed by atoms with Gasteiger partial charge in [0.25, 0.3) is 0 Å². The van der Waals surface area contributed by atoms with Gasteiger partial charge in [0, 0.05) is 17.9 Å². The average molecular weight is 229 g/mol. The first kappa shape index (κ1) is 11.9. The van der Waals surface area contributed by atoms with Crippen LogP contribution in [-0.2, 0) is 4.79 Å². The van der Waals surface area contributed by atoms with E-state index >= 15 is 0 Å². The van der Waals surface area contributed by atoms with E-state index in [2.05, 4.69) is 0 Å². The Morgan fingerprint density at radius 1 is 1.33 bits per heavy atom. The predicted molar refractivity (Wildman–Crippen MR) is 55.7 cm³/mol. The maximum absolute atomic E-state index is 13.2. The van der Waals surface area contributed by atoms with Crippen molar-refractivity contribution in [1.29, 1.82) is 0 Å². The average Bonchev–Trinajstić information content (AvgIpc) is 2.14. The summed E-state index contributed by atoms with van der Waals surface area (Å²) in [5.41, 5.74) is -0.0133. The fourth-order valence-electron chi connectivity index (χ4n) is 1.14. The van der Waals surface area contributed by atoms with Crippen LogP contribution in [0.5, 0.6) is 0 Å². The maximum atomic E-state index is 13.2. The van der Waals surface area contributed by atoms with Crippen LogP contribution >= 0.6 is 11.6 Å². The van der Waals surface area contributed by atoms with Crippen molar-refractivity contribution in [3.05, 3.63) is 34.6 Å². The molecular formula is C11H10ClFO2. The van der Waals surface area contributed by atoms with Crippen molar-refractivity contribution in [3.8, 4) is 0 Å². The molecule has 0 atom stereocenters. The van der Waals surface area contributed by atoms with Gasteiger partial charge in [-0.05, 0) is 25.1 Å². The quantitative estimate of drug-likeness (QED) is 0.743. The lowest BCUT2D eigenvalue weighted by Crippen LogP contribution is -2.04. The van der Waals surface area contributed by atoms with Gasteiger partial charge in [-0.1, -0.05) is 11.6 Å². The Bertz CT molecular complexity index is 402. The van der Waals surface area contributed by atoms with Gasteiger partial charge in [0.15, 0.2) is 5.78 Å². The first-order valence-electron chi connectivity index (χ1n) is 4.48. The molecule has 0 radical (unpaired) electrons. The summed E-state index contributed by atoms with van der Waals surface area (Å²) in [6.45, 7) is 1.39. The molecular weight excluding hydrogens is 219 g/mol. The fraction of sp³-hybridized carbons (Fsp3) is 0.273. The minimum Gasteiger partial charge on any atom is -0.300 e. The van der Waals surface area contributed by atoms with E-state index in [9.17, 15) is 14.0 Å². The van der Waals surface area contributed by atoms with E-state index in [0.29, 0.717) is 0 Å². The smallest absolute Gasteiger partial charge is 0.166 e. The molecule has 0 fully saturated rings. The Kier molecular flexibility index (Phi) is 3.97. The fourth-order valence-corrected chi connectivity index (χ4v) is 1.30. The minimum absolute atomic E-state index is 0.0133. The van der Waals surface area contributed by atoms with Gasteiger partial charge in [0.1, 0.15) is 11.6 Å². The number of hydrogen-bond acceptors (Lipinski definition) is 2. The summed E-state index contributed by atoms with van der Waals surface area (Å²) in [4.78, 5) is 22.1. The van der Waals surface area contributed by atoms with E-state index in [1.807, 2.05) is 0 Å². The number of hydrogen-bond donors (Lipinski definition) is 0. The predicted octanol–water partition coefficient (Wildman–Crippen LogP) is 3.03. The van der Waals surface area contributed by atoms with Crippen molar-refractivity contribution >= 4 is 23.2 Å². The molecule has 0 spiro atoms. The van der Waals surface area contributed by atoms with Crippen molar-refractivity contribution in [2.45, 2.75) is 19.8 Å². The minimum atomic E-state index is -0.643. The molecule has 0 saturated carbocycles. The van der Waals surface area contributed by atoms with Gasteiger partial charge < -0.3 is 4.79 Å². The number of carbonyl (C=O) groups is 2. The molecule has 0 amide bonds. The number of carbonyl (C=O) groups excluding carboxylic acids is 2. The van der Waals surface area contributed by atoms with E-state index in [-0.39, 0.29) is 35.0 Å². The molecule has 0 aliphatic heterocycles. The molecule has 0 heterocycles. The molecule has 15 heavy (non-hydrogen) atoms. The maximum Gasteiger partial charge on any atom is 0.166 e. The van der Waals surface area contributed by atoms with Gasteiger partial charge in [-0.3, -0.25) is 4.79 Å².